The summed E-state index contributed by atoms with van der Waals surface area (Å²) in [5.74, 6) is 0.0488. The second-order valence-electron chi connectivity index (χ2n) is 5.95. The van der Waals surface area contributed by atoms with Crippen molar-refractivity contribution in [3.05, 3.63) is 59.2 Å². The van der Waals surface area contributed by atoms with Gasteiger partial charge in [0.1, 0.15) is 5.75 Å². The Morgan fingerprint density at radius 2 is 1.68 bits per heavy atom. The third-order valence-electron chi connectivity index (χ3n) is 3.68. The fourth-order valence-corrected chi connectivity index (χ4v) is 2.54. The Bertz CT molecular complexity index is 736. The summed E-state index contributed by atoms with van der Waals surface area (Å²) >= 11 is 0. The van der Waals surface area contributed by atoms with Crippen LogP contribution < -0.4 is 15.4 Å². The number of para-hydroxylation sites is 1. The molecule has 2 aromatic rings. The van der Waals surface area contributed by atoms with Crippen molar-refractivity contribution in [3.63, 3.8) is 0 Å². The van der Waals surface area contributed by atoms with Gasteiger partial charge in [0.05, 0.1) is 6.54 Å². The van der Waals surface area contributed by atoms with E-state index in [0.717, 1.165) is 28.8 Å². The van der Waals surface area contributed by atoms with Gasteiger partial charge in [0, 0.05) is 5.69 Å². The number of anilines is 1. The maximum absolute atomic E-state index is 12.0. The summed E-state index contributed by atoms with van der Waals surface area (Å²) < 4.78 is 5.47. The van der Waals surface area contributed by atoms with Gasteiger partial charge in [-0.3, -0.25) is 9.59 Å². The molecule has 0 atom stereocenters. The standard InChI is InChI=1S/C20H24N2O3/c1-4-16-7-5-6-8-18(16)22-19(23)12-21-20(24)13-25-17-10-14(2)9-15(3)11-17/h5-11H,4,12-13H2,1-3H3,(H,21,24)(H,22,23). The van der Waals surface area contributed by atoms with E-state index in [1.165, 1.54) is 0 Å². The van der Waals surface area contributed by atoms with Gasteiger partial charge in [-0.25, -0.2) is 0 Å². The maximum atomic E-state index is 12.0. The highest BCUT2D eigenvalue weighted by Gasteiger charge is 2.08. The maximum Gasteiger partial charge on any atom is 0.258 e. The van der Waals surface area contributed by atoms with Crippen molar-refractivity contribution in [1.29, 1.82) is 0 Å². The summed E-state index contributed by atoms with van der Waals surface area (Å²) in [5.41, 5.74) is 3.98. The first-order valence-corrected chi connectivity index (χ1v) is 8.33. The monoisotopic (exact) mass is 340 g/mol. The summed E-state index contributed by atoms with van der Waals surface area (Å²) in [5, 5.41) is 5.37. The van der Waals surface area contributed by atoms with E-state index in [1.807, 2.05) is 63.2 Å². The molecule has 0 aliphatic heterocycles. The Kier molecular flexibility index (Phi) is 6.57. The highest BCUT2D eigenvalue weighted by Crippen LogP contribution is 2.16. The summed E-state index contributed by atoms with van der Waals surface area (Å²) in [6.07, 6.45) is 0.826. The van der Waals surface area contributed by atoms with Gasteiger partial charge in [-0.1, -0.05) is 31.2 Å². The number of rotatable bonds is 7. The van der Waals surface area contributed by atoms with E-state index in [2.05, 4.69) is 10.6 Å². The van der Waals surface area contributed by atoms with Crippen LogP contribution in [0.3, 0.4) is 0 Å². The molecular formula is C20H24N2O3. The molecular weight excluding hydrogens is 316 g/mol. The number of hydrogen-bond donors (Lipinski definition) is 2. The van der Waals surface area contributed by atoms with Crippen LogP contribution in [0.4, 0.5) is 5.69 Å². The van der Waals surface area contributed by atoms with Crippen molar-refractivity contribution in [2.45, 2.75) is 27.2 Å². The Morgan fingerprint density at radius 3 is 2.36 bits per heavy atom. The molecule has 2 rings (SSSR count). The molecule has 0 unspecified atom stereocenters. The number of carbonyl (C=O) groups is 2. The van der Waals surface area contributed by atoms with Gasteiger partial charge in [-0.05, 0) is 55.2 Å². The van der Waals surface area contributed by atoms with E-state index >= 15 is 0 Å². The molecule has 0 aromatic heterocycles. The Hall–Kier alpha value is -2.82. The minimum absolute atomic E-state index is 0.0902. The minimum Gasteiger partial charge on any atom is -0.484 e. The zero-order valence-electron chi connectivity index (χ0n) is 14.9. The lowest BCUT2D eigenvalue weighted by atomic mass is 10.1. The molecule has 0 heterocycles. The number of ether oxygens (including phenoxy) is 1. The summed E-state index contributed by atoms with van der Waals surface area (Å²) in [6.45, 7) is 5.75. The quantitative estimate of drug-likeness (QED) is 0.814. The van der Waals surface area contributed by atoms with Crippen LogP contribution in [0, 0.1) is 13.8 Å². The molecule has 0 bridgehead atoms. The average molecular weight is 340 g/mol. The van der Waals surface area contributed by atoms with Gasteiger partial charge in [0.2, 0.25) is 5.91 Å². The molecule has 0 radical (unpaired) electrons. The second kappa shape index (κ2) is 8.87. The highest BCUT2D eigenvalue weighted by atomic mass is 16.5. The Labute approximate surface area is 148 Å². The van der Waals surface area contributed by atoms with Gasteiger partial charge in [-0.15, -0.1) is 0 Å². The van der Waals surface area contributed by atoms with Crippen LogP contribution >= 0.6 is 0 Å². The molecule has 0 saturated heterocycles. The first-order chi connectivity index (χ1) is 12.0. The highest BCUT2D eigenvalue weighted by molar-refractivity contribution is 5.95. The SMILES string of the molecule is CCc1ccccc1NC(=O)CNC(=O)COc1cc(C)cc(C)c1. The number of benzene rings is 2. The molecule has 2 amide bonds. The van der Waals surface area contributed by atoms with Crippen LogP contribution in [-0.4, -0.2) is 25.0 Å². The smallest absolute Gasteiger partial charge is 0.258 e. The lowest BCUT2D eigenvalue weighted by Crippen LogP contribution is -2.35. The van der Waals surface area contributed by atoms with Crippen molar-refractivity contribution >= 4 is 17.5 Å². The first kappa shape index (κ1) is 18.5. The molecule has 0 aliphatic carbocycles. The van der Waals surface area contributed by atoms with E-state index in [1.54, 1.807) is 0 Å². The fourth-order valence-electron chi connectivity index (χ4n) is 2.54. The average Bonchev–Trinajstić information content (AvgIpc) is 2.58. The Morgan fingerprint density at radius 1 is 1.00 bits per heavy atom. The fraction of sp³-hybridized carbons (Fsp3) is 0.300. The van der Waals surface area contributed by atoms with Gasteiger partial charge >= 0.3 is 0 Å². The van der Waals surface area contributed by atoms with Gasteiger partial charge in [0.25, 0.3) is 5.91 Å². The van der Waals surface area contributed by atoms with Crippen LogP contribution in [0.15, 0.2) is 42.5 Å². The molecule has 132 valence electrons. The van der Waals surface area contributed by atoms with Crippen LogP contribution in [0.5, 0.6) is 5.75 Å². The van der Waals surface area contributed by atoms with E-state index in [4.69, 9.17) is 4.74 Å². The molecule has 5 heteroatoms. The predicted octanol–water partition coefficient (Wildman–Crippen LogP) is 3.00. The molecule has 2 aromatic carbocycles. The van der Waals surface area contributed by atoms with E-state index in [-0.39, 0.29) is 25.0 Å². The zero-order chi connectivity index (χ0) is 18.2. The summed E-state index contributed by atoms with van der Waals surface area (Å²) in [4.78, 5) is 23.8. The molecule has 2 N–H and O–H groups in total. The molecule has 0 saturated carbocycles. The van der Waals surface area contributed by atoms with Gasteiger partial charge < -0.3 is 15.4 Å². The summed E-state index contributed by atoms with van der Waals surface area (Å²) in [6, 6.07) is 13.4. The van der Waals surface area contributed by atoms with Gasteiger partial charge in [0.15, 0.2) is 6.61 Å². The van der Waals surface area contributed by atoms with Crippen molar-refractivity contribution in [3.8, 4) is 5.75 Å². The molecule has 0 fully saturated rings. The van der Waals surface area contributed by atoms with E-state index in [0.29, 0.717) is 5.75 Å². The largest absolute Gasteiger partial charge is 0.484 e. The molecule has 0 aliphatic rings. The number of hydrogen-bond acceptors (Lipinski definition) is 3. The molecule has 5 nitrogen and oxygen atoms in total. The normalized spacial score (nSPS) is 10.2. The number of nitrogens with one attached hydrogen (secondary N) is 2. The Balaban J connectivity index is 1.78. The topological polar surface area (TPSA) is 67.4 Å². The van der Waals surface area contributed by atoms with Gasteiger partial charge in [-0.2, -0.15) is 0 Å². The summed E-state index contributed by atoms with van der Waals surface area (Å²) in [7, 11) is 0. The number of carbonyl (C=O) groups excluding carboxylic acids is 2. The molecule has 0 spiro atoms. The first-order valence-electron chi connectivity index (χ1n) is 8.33. The van der Waals surface area contributed by atoms with Crippen molar-refractivity contribution in [1.82, 2.24) is 5.32 Å². The predicted molar refractivity (Wildman–Crippen MR) is 98.9 cm³/mol. The van der Waals surface area contributed by atoms with Crippen molar-refractivity contribution in [2.75, 3.05) is 18.5 Å². The number of amides is 2. The van der Waals surface area contributed by atoms with Crippen molar-refractivity contribution < 1.29 is 14.3 Å². The van der Waals surface area contributed by atoms with E-state index in [9.17, 15) is 9.59 Å². The number of aryl methyl sites for hydroxylation is 3. The second-order valence-corrected chi connectivity index (χ2v) is 5.95. The minimum atomic E-state index is -0.335. The van der Waals surface area contributed by atoms with Crippen LogP contribution in [-0.2, 0) is 16.0 Å². The van der Waals surface area contributed by atoms with E-state index < -0.39 is 0 Å². The zero-order valence-corrected chi connectivity index (χ0v) is 14.9. The third-order valence-corrected chi connectivity index (χ3v) is 3.68. The lowest BCUT2D eigenvalue weighted by molar-refractivity contribution is -0.125. The van der Waals surface area contributed by atoms with Crippen LogP contribution in [0.2, 0.25) is 0 Å². The lowest BCUT2D eigenvalue weighted by Gasteiger charge is -2.11. The van der Waals surface area contributed by atoms with Crippen LogP contribution in [0.1, 0.15) is 23.6 Å². The third kappa shape index (κ3) is 5.95. The van der Waals surface area contributed by atoms with Crippen molar-refractivity contribution in [2.24, 2.45) is 0 Å². The van der Waals surface area contributed by atoms with Crippen LogP contribution in [0.25, 0.3) is 0 Å². The molecule has 25 heavy (non-hydrogen) atoms.